The van der Waals surface area contributed by atoms with Gasteiger partial charge in [-0.3, -0.25) is 4.98 Å². The van der Waals surface area contributed by atoms with E-state index in [1.54, 1.807) is 18.3 Å². The fourth-order valence-electron chi connectivity index (χ4n) is 1.79. The van der Waals surface area contributed by atoms with E-state index >= 15 is 0 Å². The highest BCUT2D eigenvalue weighted by atomic mass is 19.1. The lowest BCUT2D eigenvalue weighted by Gasteiger charge is -2.12. The van der Waals surface area contributed by atoms with Crippen molar-refractivity contribution < 1.29 is 9.13 Å². The number of nitrogens with zero attached hydrogens (tertiary/aromatic N) is 1. The molecule has 0 radical (unpaired) electrons. The van der Waals surface area contributed by atoms with Gasteiger partial charge in [-0.15, -0.1) is 0 Å². The number of rotatable bonds is 4. The number of aromatic nitrogens is 1. The average Bonchev–Trinajstić information content (AvgIpc) is 2.37. The number of aryl methyl sites for hydroxylation is 2. The van der Waals surface area contributed by atoms with Crippen molar-refractivity contribution in [2.24, 2.45) is 0 Å². The monoisotopic (exact) mass is 260 g/mol. The third kappa shape index (κ3) is 3.29. The third-order valence-electron chi connectivity index (χ3n) is 2.75. The van der Waals surface area contributed by atoms with Gasteiger partial charge < -0.3 is 10.1 Å². The van der Waals surface area contributed by atoms with E-state index in [1.807, 2.05) is 27.0 Å². The Morgan fingerprint density at radius 1 is 1.21 bits per heavy atom. The zero-order chi connectivity index (χ0) is 13.8. The Balaban J connectivity index is 2.36. The van der Waals surface area contributed by atoms with Crippen molar-refractivity contribution in [1.82, 2.24) is 10.3 Å². The van der Waals surface area contributed by atoms with Gasteiger partial charge in [0.1, 0.15) is 5.75 Å². The van der Waals surface area contributed by atoms with Crippen molar-refractivity contribution in [3.63, 3.8) is 0 Å². The Morgan fingerprint density at radius 3 is 2.74 bits per heavy atom. The molecule has 0 unspecified atom stereocenters. The first-order chi connectivity index (χ1) is 9.10. The number of nitrogens with one attached hydrogen (secondary N) is 1. The van der Waals surface area contributed by atoms with Gasteiger partial charge in [0.15, 0.2) is 11.6 Å². The zero-order valence-electron chi connectivity index (χ0n) is 11.3. The molecule has 2 aromatic rings. The summed E-state index contributed by atoms with van der Waals surface area (Å²) in [7, 11) is 1.84. The van der Waals surface area contributed by atoms with Gasteiger partial charge in [0.25, 0.3) is 0 Å². The fourth-order valence-corrected chi connectivity index (χ4v) is 1.79. The number of benzene rings is 1. The van der Waals surface area contributed by atoms with Crippen LogP contribution in [0, 0.1) is 19.7 Å². The van der Waals surface area contributed by atoms with Gasteiger partial charge in [0.2, 0.25) is 0 Å². The summed E-state index contributed by atoms with van der Waals surface area (Å²) >= 11 is 0. The van der Waals surface area contributed by atoms with Crippen LogP contribution in [0.2, 0.25) is 0 Å². The first-order valence-corrected chi connectivity index (χ1v) is 6.14. The first kappa shape index (κ1) is 13.5. The van der Waals surface area contributed by atoms with E-state index in [-0.39, 0.29) is 11.6 Å². The molecule has 1 N–H and O–H groups in total. The largest absolute Gasteiger partial charge is 0.454 e. The van der Waals surface area contributed by atoms with Crippen LogP contribution < -0.4 is 10.1 Å². The molecule has 0 spiro atoms. The Bertz CT molecular complexity index is 584. The molecule has 0 aliphatic heterocycles. The Hall–Kier alpha value is -1.94. The molecule has 1 heterocycles. The molecule has 100 valence electrons. The van der Waals surface area contributed by atoms with Gasteiger partial charge in [-0.2, -0.15) is 0 Å². The second-order valence-corrected chi connectivity index (χ2v) is 4.50. The van der Waals surface area contributed by atoms with E-state index in [4.69, 9.17) is 4.74 Å². The molecule has 1 aromatic heterocycles. The smallest absolute Gasteiger partial charge is 0.165 e. The number of ether oxygens (including phenoxy) is 1. The van der Waals surface area contributed by atoms with Crippen molar-refractivity contribution >= 4 is 0 Å². The lowest BCUT2D eigenvalue weighted by molar-refractivity contribution is 0.435. The minimum absolute atomic E-state index is 0.239. The van der Waals surface area contributed by atoms with Crippen LogP contribution in [0.25, 0.3) is 0 Å². The summed E-state index contributed by atoms with van der Waals surface area (Å²) in [5.41, 5.74) is 2.69. The maximum atomic E-state index is 13.7. The van der Waals surface area contributed by atoms with Crippen LogP contribution in [0.1, 0.15) is 16.8 Å². The zero-order valence-corrected chi connectivity index (χ0v) is 11.3. The summed E-state index contributed by atoms with van der Waals surface area (Å²) in [5, 5.41) is 3.04. The standard InChI is InChI=1S/C15H17FN2O/c1-10-4-5-13(16)15(6-10)19-14-7-11(2)18-9-12(14)8-17-3/h4-7,9,17H,8H2,1-3H3. The van der Waals surface area contributed by atoms with Crippen LogP contribution in [0.4, 0.5) is 4.39 Å². The topological polar surface area (TPSA) is 34.2 Å². The van der Waals surface area contributed by atoms with E-state index in [1.165, 1.54) is 6.07 Å². The second-order valence-electron chi connectivity index (χ2n) is 4.50. The summed E-state index contributed by atoms with van der Waals surface area (Å²) in [6, 6.07) is 6.63. The number of hydrogen-bond acceptors (Lipinski definition) is 3. The number of pyridine rings is 1. The molecule has 1 aromatic carbocycles. The highest BCUT2D eigenvalue weighted by molar-refractivity contribution is 5.39. The van der Waals surface area contributed by atoms with Crippen molar-refractivity contribution in [1.29, 1.82) is 0 Å². The Kier molecular flexibility index (Phi) is 4.12. The molecule has 0 fully saturated rings. The third-order valence-corrected chi connectivity index (χ3v) is 2.75. The minimum atomic E-state index is -0.365. The molecule has 0 bridgehead atoms. The molecule has 3 nitrogen and oxygen atoms in total. The van der Waals surface area contributed by atoms with Gasteiger partial charge in [0, 0.05) is 30.1 Å². The van der Waals surface area contributed by atoms with Crippen molar-refractivity contribution in [2.45, 2.75) is 20.4 Å². The maximum Gasteiger partial charge on any atom is 0.165 e. The molecule has 0 atom stereocenters. The molecule has 0 amide bonds. The SMILES string of the molecule is CNCc1cnc(C)cc1Oc1cc(C)ccc1F. The number of hydrogen-bond donors (Lipinski definition) is 1. The lowest BCUT2D eigenvalue weighted by Crippen LogP contribution is -2.07. The first-order valence-electron chi connectivity index (χ1n) is 6.14. The minimum Gasteiger partial charge on any atom is -0.454 e. The molecule has 0 saturated heterocycles. The van der Waals surface area contributed by atoms with Crippen molar-refractivity contribution in [3.05, 3.63) is 53.1 Å². The molecule has 0 saturated carbocycles. The lowest BCUT2D eigenvalue weighted by atomic mass is 10.2. The Labute approximate surface area is 112 Å². The summed E-state index contributed by atoms with van der Waals surface area (Å²) < 4.78 is 19.4. The fraction of sp³-hybridized carbons (Fsp3) is 0.267. The molecule has 0 aliphatic carbocycles. The van der Waals surface area contributed by atoms with E-state index in [2.05, 4.69) is 10.3 Å². The van der Waals surface area contributed by atoms with Crippen LogP contribution in [0.3, 0.4) is 0 Å². The van der Waals surface area contributed by atoms with Gasteiger partial charge in [0.05, 0.1) is 0 Å². The molecule has 2 rings (SSSR count). The van der Waals surface area contributed by atoms with Crippen LogP contribution >= 0.6 is 0 Å². The van der Waals surface area contributed by atoms with Gasteiger partial charge >= 0.3 is 0 Å². The molecular formula is C15H17FN2O. The highest BCUT2D eigenvalue weighted by Crippen LogP contribution is 2.28. The van der Waals surface area contributed by atoms with Crippen LogP contribution in [-0.4, -0.2) is 12.0 Å². The van der Waals surface area contributed by atoms with E-state index in [0.29, 0.717) is 12.3 Å². The highest BCUT2D eigenvalue weighted by Gasteiger charge is 2.09. The molecule has 19 heavy (non-hydrogen) atoms. The summed E-state index contributed by atoms with van der Waals surface area (Å²) in [4.78, 5) is 4.23. The van der Waals surface area contributed by atoms with Gasteiger partial charge in [-0.05, 0) is 38.6 Å². The maximum absolute atomic E-state index is 13.7. The predicted molar refractivity (Wildman–Crippen MR) is 72.9 cm³/mol. The van der Waals surface area contributed by atoms with E-state index in [9.17, 15) is 4.39 Å². The summed E-state index contributed by atoms with van der Waals surface area (Å²) in [5.74, 6) is 0.504. The normalized spacial score (nSPS) is 10.5. The second kappa shape index (κ2) is 5.80. The number of halogens is 1. The average molecular weight is 260 g/mol. The van der Waals surface area contributed by atoms with E-state index in [0.717, 1.165) is 16.8 Å². The molecule has 0 aliphatic rings. The predicted octanol–water partition coefficient (Wildman–Crippen LogP) is 3.35. The summed E-state index contributed by atoms with van der Waals surface area (Å²) in [6.07, 6.45) is 1.74. The molecular weight excluding hydrogens is 243 g/mol. The van der Waals surface area contributed by atoms with Crippen LogP contribution in [0.15, 0.2) is 30.5 Å². The quantitative estimate of drug-likeness (QED) is 0.915. The summed E-state index contributed by atoms with van der Waals surface area (Å²) in [6.45, 7) is 4.40. The van der Waals surface area contributed by atoms with E-state index < -0.39 is 0 Å². The van der Waals surface area contributed by atoms with Gasteiger partial charge in [-0.1, -0.05) is 6.07 Å². The van der Waals surface area contributed by atoms with Crippen molar-refractivity contribution in [3.8, 4) is 11.5 Å². The van der Waals surface area contributed by atoms with Crippen molar-refractivity contribution in [2.75, 3.05) is 7.05 Å². The molecule has 4 heteroatoms. The van der Waals surface area contributed by atoms with Gasteiger partial charge in [-0.25, -0.2) is 4.39 Å². The Morgan fingerprint density at radius 2 is 2.00 bits per heavy atom. The van der Waals surface area contributed by atoms with Crippen LogP contribution in [-0.2, 0) is 6.54 Å². The van der Waals surface area contributed by atoms with Crippen LogP contribution in [0.5, 0.6) is 11.5 Å².